The average molecular weight is 209 g/mol. The van der Waals surface area contributed by atoms with Gasteiger partial charge in [0, 0.05) is 43.4 Å². The van der Waals surface area contributed by atoms with E-state index in [0.717, 1.165) is 18.5 Å². The molecular weight excluding hydrogens is 190 g/mol. The van der Waals surface area contributed by atoms with Gasteiger partial charge in [-0.2, -0.15) is 5.10 Å². The minimum atomic E-state index is 0.0164. The number of aliphatic hydroxyl groups excluding tert-OH is 1. The van der Waals surface area contributed by atoms with Crippen LogP contribution < -0.4 is 5.73 Å². The third-order valence-corrected chi connectivity index (χ3v) is 3.85. The molecule has 15 heavy (non-hydrogen) atoms. The van der Waals surface area contributed by atoms with Gasteiger partial charge in [0.25, 0.3) is 0 Å². The minimum Gasteiger partial charge on any atom is -0.396 e. The first kappa shape index (κ1) is 10.6. The van der Waals surface area contributed by atoms with Gasteiger partial charge in [-0.3, -0.25) is 4.68 Å². The monoisotopic (exact) mass is 209 g/mol. The summed E-state index contributed by atoms with van der Waals surface area (Å²) in [5.41, 5.74) is 7.01. The van der Waals surface area contributed by atoms with E-state index in [2.05, 4.69) is 5.10 Å². The van der Waals surface area contributed by atoms with Gasteiger partial charge in [-0.05, 0) is 18.9 Å². The van der Waals surface area contributed by atoms with E-state index in [4.69, 9.17) is 5.73 Å². The van der Waals surface area contributed by atoms with Gasteiger partial charge in [-0.15, -0.1) is 0 Å². The molecule has 4 nitrogen and oxygen atoms in total. The van der Waals surface area contributed by atoms with Gasteiger partial charge >= 0.3 is 0 Å². The van der Waals surface area contributed by atoms with E-state index in [9.17, 15) is 5.11 Å². The molecular formula is C11H19N3O. The van der Waals surface area contributed by atoms with E-state index in [1.54, 1.807) is 6.20 Å². The van der Waals surface area contributed by atoms with Crippen LogP contribution in [0.5, 0.6) is 0 Å². The van der Waals surface area contributed by atoms with Crippen molar-refractivity contribution in [3.05, 3.63) is 18.0 Å². The Kier molecular flexibility index (Phi) is 2.80. The van der Waals surface area contributed by atoms with E-state index in [0.29, 0.717) is 6.54 Å². The van der Waals surface area contributed by atoms with Gasteiger partial charge in [0.1, 0.15) is 0 Å². The van der Waals surface area contributed by atoms with E-state index < -0.39 is 0 Å². The van der Waals surface area contributed by atoms with Crippen molar-refractivity contribution in [1.82, 2.24) is 9.78 Å². The van der Waals surface area contributed by atoms with Crippen LogP contribution in [0.15, 0.2) is 12.3 Å². The third-order valence-electron chi connectivity index (χ3n) is 3.85. The van der Waals surface area contributed by atoms with Gasteiger partial charge < -0.3 is 10.8 Å². The van der Waals surface area contributed by atoms with Crippen molar-refractivity contribution < 1.29 is 5.11 Å². The zero-order valence-corrected chi connectivity index (χ0v) is 9.19. The second-order valence-corrected chi connectivity index (χ2v) is 4.54. The molecule has 1 aromatic heterocycles. The number of nitrogens with two attached hydrogens (primary N) is 1. The molecule has 0 aromatic carbocycles. The van der Waals surface area contributed by atoms with Crippen molar-refractivity contribution in [3.8, 4) is 0 Å². The van der Waals surface area contributed by atoms with Crippen LogP contribution in [0, 0.1) is 5.41 Å². The maximum atomic E-state index is 9.54. The molecule has 1 aliphatic rings. The molecule has 0 saturated heterocycles. The second kappa shape index (κ2) is 3.94. The maximum absolute atomic E-state index is 9.54. The summed E-state index contributed by atoms with van der Waals surface area (Å²) < 4.78 is 1.87. The van der Waals surface area contributed by atoms with Crippen molar-refractivity contribution in [1.29, 1.82) is 0 Å². The average Bonchev–Trinajstić information content (AvgIpc) is 2.58. The second-order valence-electron chi connectivity index (χ2n) is 4.54. The van der Waals surface area contributed by atoms with Gasteiger partial charge in [0.2, 0.25) is 0 Å². The predicted molar refractivity (Wildman–Crippen MR) is 58.4 cm³/mol. The molecule has 2 rings (SSSR count). The van der Waals surface area contributed by atoms with Crippen LogP contribution in [0.2, 0.25) is 0 Å². The highest BCUT2D eigenvalue weighted by Crippen LogP contribution is 2.50. The summed E-state index contributed by atoms with van der Waals surface area (Å²) in [5, 5.41) is 13.7. The van der Waals surface area contributed by atoms with E-state index in [1.165, 1.54) is 6.42 Å². The largest absolute Gasteiger partial charge is 0.396 e. The number of hydrogen-bond donors (Lipinski definition) is 2. The Balaban J connectivity index is 2.27. The third kappa shape index (κ3) is 1.58. The minimum absolute atomic E-state index is 0.0164. The van der Waals surface area contributed by atoms with Crippen LogP contribution in [0.1, 0.15) is 30.9 Å². The number of aromatic nitrogens is 2. The molecule has 1 heterocycles. The Morgan fingerprint density at radius 3 is 2.73 bits per heavy atom. The van der Waals surface area contributed by atoms with Gasteiger partial charge in [-0.1, -0.05) is 6.42 Å². The van der Waals surface area contributed by atoms with E-state index >= 15 is 0 Å². The fourth-order valence-electron chi connectivity index (χ4n) is 2.66. The Hall–Kier alpha value is -0.870. The maximum Gasteiger partial charge on any atom is 0.0494 e. The molecule has 4 heteroatoms. The van der Waals surface area contributed by atoms with Gasteiger partial charge in [0.15, 0.2) is 0 Å². The topological polar surface area (TPSA) is 64.1 Å². The Morgan fingerprint density at radius 2 is 2.40 bits per heavy atom. The molecule has 3 N–H and O–H groups in total. The molecule has 1 aliphatic carbocycles. The van der Waals surface area contributed by atoms with Crippen LogP contribution in [-0.2, 0) is 7.05 Å². The quantitative estimate of drug-likeness (QED) is 0.764. The Morgan fingerprint density at radius 1 is 1.67 bits per heavy atom. The summed E-state index contributed by atoms with van der Waals surface area (Å²) in [4.78, 5) is 0. The van der Waals surface area contributed by atoms with Crippen molar-refractivity contribution in [2.75, 3.05) is 13.2 Å². The van der Waals surface area contributed by atoms with E-state index in [1.807, 2.05) is 17.8 Å². The molecule has 0 unspecified atom stereocenters. The zero-order chi connectivity index (χ0) is 10.9. The summed E-state index contributed by atoms with van der Waals surface area (Å²) in [5.74, 6) is 0.240. The number of aliphatic hydroxyl groups is 1. The summed E-state index contributed by atoms with van der Waals surface area (Å²) in [6, 6.07) is 2.01. The SMILES string of the molecule is Cn1nccc1[C@@H](CN)C1(CO)CCC1. The fraction of sp³-hybridized carbons (Fsp3) is 0.727. The van der Waals surface area contributed by atoms with Gasteiger partial charge in [0.05, 0.1) is 0 Å². The standard InChI is InChI=1S/C11H19N3O/c1-14-10(3-6-13-14)9(7-12)11(8-15)4-2-5-11/h3,6,9,15H,2,4-5,7-8,12H2,1H3/t9-/m1/s1. The van der Waals surface area contributed by atoms with Crippen LogP contribution >= 0.6 is 0 Å². The highest BCUT2D eigenvalue weighted by atomic mass is 16.3. The first-order chi connectivity index (χ1) is 7.23. The molecule has 0 bridgehead atoms. The normalized spacial score (nSPS) is 21.0. The molecule has 1 fully saturated rings. The van der Waals surface area contributed by atoms with Crippen LogP contribution in [0.3, 0.4) is 0 Å². The zero-order valence-electron chi connectivity index (χ0n) is 9.19. The van der Waals surface area contributed by atoms with Crippen LogP contribution in [-0.4, -0.2) is 28.0 Å². The Bertz CT molecular complexity index is 325. The summed E-state index contributed by atoms with van der Waals surface area (Å²) in [6.45, 7) is 0.820. The highest BCUT2D eigenvalue weighted by molar-refractivity contribution is 5.15. The van der Waals surface area contributed by atoms with Crippen LogP contribution in [0.4, 0.5) is 0 Å². The van der Waals surface area contributed by atoms with Crippen molar-refractivity contribution >= 4 is 0 Å². The van der Waals surface area contributed by atoms with Gasteiger partial charge in [-0.25, -0.2) is 0 Å². The lowest BCUT2D eigenvalue weighted by Gasteiger charge is -2.46. The van der Waals surface area contributed by atoms with E-state index in [-0.39, 0.29) is 17.9 Å². The summed E-state index contributed by atoms with van der Waals surface area (Å²) >= 11 is 0. The molecule has 0 amide bonds. The number of rotatable bonds is 4. The molecule has 0 spiro atoms. The highest BCUT2D eigenvalue weighted by Gasteiger charge is 2.44. The molecule has 0 radical (unpaired) electrons. The number of aryl methyl sites for hydroxylation is 1. The molecule has 1 atom stereocenters. The van der Waals surface area contributed by atoms with Crippen molar-refractivity contribution in [2.45, 2.75) is 25.2 Å². The summed E-state index contributed by atoms with van der Waals surface area (Å²) in [6.07, 6.45) is 5.16. The lowest BCUT2D eigenvalue weighted by molar-refractivity contribution is 0.0168. The first-order valence-corrected chi connectivity index (χ1v) is 5.52. The number of hydrogen-bond acceptors (Lipinski definition) is 3. The summed E-state index contributed by atoms with van der Waals surface area (Å²) in [7, 11) is 1.93. The number of nitrogens with zero attached hydrogens (tertiary/aromatic N) is 2. The fourth-order valence-corrected chi connectivity index (χ4v) is 2.66. The smallest absolute Gasteiger partial charge is 0.0494 e. The predicted octanol–water partition coefficient (Wildman–Crippen LogP) is 0.625. The molecule has 0 aliphatic heterocycles. The van der Waals surface area contributed by atoms with Crippen molar-refractivity contribution in [2.24, 2.45) is 18.2 Å². The first-order valence-electron chi connectivity index (χ1n) is 5.52. The van der Waals surface area contributed by atoms with Crippen LogP contribution in [0.25, 0.3) is 0 Å². The lowest BCUT2D eigenvalue weighted by atomic mass is 9.60. The molecule has 1 aromatic rings. The van der Waals surface area contributed by atoms with Crippen molar-refractivity contribution in [3.63, 3.8) is 0 Å². The molecule has 84 valence electrons. The lowest BCUT2D eigenvalue weighted by Crippen LogP contribution is -2.43. The Labute approximate surface area is 90.1 Å². The molecule has 1 saturated carbocycles.